The number of fused-ring (bicyclic) bond motifs is 4. The second-order valence-corrected chi connectivity index (χ2v) is 5.67. The van der Waals surface area contributed by atoms with Gasteiger partial charge in [0.2, 0.25) is 0 Å². The number of H-pyrrole nitrogens is 2. The SMILES string of the molecule is Cc1cc2nc3c([nH]c4ccc(Cl)cc43)[nH+]c2cc1C. The second-order valence-electron chi connectivity index (χ2n) is 5.23. The number of aromatic amines is 2. The molecular weight excluding hydrogens is 270 g/mol. The van der Waals surface area contributed by atoms with Crippen LogP contribution in [0.3, 0.4) is 0 Å². The summed E-state index contributed by atoms with van der Waals surface area (Å²) in [6.07, 6.45) is 0. The lowest BCUT2D eigenvalue weighted by Gasteiger charge is -2.00. The number of rotatable bonds is 0. The Kier molecular flexibility index (Phi) is 2.30. The van der Waals surface area contributed by atoms with Crippen LogP contribution in [0, 0.1) is 13.8 Å². The molecule has 0 radical (unpaired) electrons. The molecule has 98 valence electrons. The Morgan fingerprint density at radius 1 is 1.10 bits per heavy atom. The molecular formula is C16H13ClN3+. The van der Waals surface area contributed by atoms with Gasteiger partial charge in [-0.1, -0.05) is 11.6 Å². The molecule has 2 aromatic heterocycles. The lowest BCUT2D eigenvalue weighted by atomic mass is 10.1. The fourth-order valence-corrected chi connectivity index (χ4v) is 2.78. The summed E-state index contributed by atoms with van der Waals surface area (Å²) in [5.41, 5.74) is 7.41. The highest BCUT2D eigenvalue weighted by Crippen LogP contribution is 2.26. The Bertz CT molecular complexity index is 985. The summed E-state index contributed by atoms with van der Waals surface area (Å²) in [4.78, 5) is 11.6. The van der Waals surface area contributed by atoms with Gasteiger partial charge < -0.3 is 0 Å². The summed E-state index contributed by atoms with van der Waals surface area (Å²) in [5, 5.41) is 1.77. The van der Waals surface area contributed by atoms with Crippen molar-refractivity contribution in [2.45, 2.75) is 13.8 Å². The van der Waals surface area contributed by atoms with Crippen LogP contribution in [0.4, 0.5) is 0 Å². The van der Waals surface area contributed by atoms with Crippen molar-refractivity contribution in [2.75, 3.05) is 0 Å². The minimum Gasteiger partial charge on any atom is -0.238 e. The zero-order valence-electron chi connectivity index (χ0n) is 11.2. The number of hydrogen-bond acceptors (Lipinski definition) is 1. The van der Waals surface area contributed by atoms with Crippen molar-refractivity contribution in [1.29, 1.82) is 0 Å². The zero-order chi connectivity index (χ0) is 13.9. The molecule has 0 aliphatic carbocycles. The van der Waals surface area contributed by atoms with E-state index in [1.54, 1.807) is 0 Å². The molecule has 0 aliphatic rings. The quantitative estimate of drug-likeness (QED) is 0.521. The van der Waals surface area contributed by atoms with E-state index in [-0.39, 0.29) is 0 Å². The third-order valence-corrected chi connectivity index (χ3v) is 4.07. The standard InChI is InChI=1S/C16H12ClN3/c1-8-5-13-14(6-9(8)2)20-16-15(18-13)11-7-10(17)3-4-12(11)19-16/h3-7H,1-2H3,(H,19,20)/p+1. The summed E-state index contributed by atoms with van der Waals surface area (Å²) < 4.78 is 0. The van der Waals surface area contributed by atoms with Gasteiger partial charge in [-0.15, -0.1) is 0 Å². The average molecular weight is 283 g/mol. The Morgan fingerprint density at radius 2 is 1.90 bits per heavy atom. The topological polar surface area (TPSA) is 42.8 Å². The molecule has 2 N–H and O–H groups in total. The van der Waals surface area contributed by atoms with E-state index in [4.69, 9.17) is 16.6 Å². The Labute approximate surface area is 120 Å². The van der Waals surface area contributed by atoms with Crippen LogP contribution in [-0.2, 0) is 0 Å². The fraction of sp³-hybridized carbons (Fsp3) is 0.125. The summed E-state index contributed by atoms with van der Waals surface area (Å²) in [5.74, 6) is 0. The minimum atomic E-state index is 0.723. The van der Waals surface area contributed by atoms with Crippen LogP contribution in [0.2, 0.25) is 5.02 Å². The first-order chi connectivity index (χ1) is 9.61. The molecule has 4 aromatic rings. The Hall–Kier alpha value is -2.13. The van der Waals surface area contributed by atoms with Gasteiger partial charge in [-0.3, -0.25) is 0 Å². The van der Waals surface area contributed by atoms with Crippen LogP contribution in [0.25, 0.3) is 33.1 Å². The third-order valence-electron chi connectivity index (χ3n) is 3.84. The van der Waals surface area contributed by atoms with E-state index in [2.05, 4.69) is 35.9 Å². The van der Waals surface area contributed by atoms with Gasteiger partial charge in [-0.2, -0.15) is 0 Å². The van der Waals surface area contributed by atoms with E-state index in [1.165, 1.54) is 11.1 Å². The van der Waals surface area contributed by atoms with Crippen LogP contribution in [0.1, 0.15) is 11.1 Å². The van der Waals surface area contributed by atoms with Gasteiger partial charge in [0, 0.05) is 5.02 Å². The largest absolute Gasteiger partial charge is 0.304 e. The number of halogens is 1. The maximum absolute atomic E-state index is 6.09. The van der Waals surface area contributed by atoms with E-state index in [9.17, 15) is 0 Å². The molecule has 0 bridgehead atoms. The van der Waals surface area contributed by atoms with Crippen LogP contribution >= 0.6 is 11.6 Å². The molecule has 4 rings (SSSR count). The molecule has 0 amide bonds. The molecule has 2 heterocycles. The number of aromatic nitrogens is 3. The van der Waals surface area contributed by atoms with E-state index in [0.29, 0.717) is 0 Å². The molecule has 0 saturated carbocycles. The maximum atomic E-state index is 6.09. The lowest BCUT2D eigenvalue weighted by Crippen LogP contribution is -2.07. The van der Waals surface area contributed by atoms with Crippen LogP contribution in [-0.4, -0.2) is 9.97 Å². The lowest BCUT2D eigenvalue weighted by molar-refractivity contribution is -0.313. The normalized spacial score (nSPS) is 11.8. The van der Waals surface area contributed by atoms with Crippen molar-refractivity contribution < 1.29 is 4.98 Å². The van der Waals surface area contributed by atoms with Crippen molar-refractivity contribution in [1.82, 2.24) is 9.97 Å². The maximum Gasteiger partial charge on any atom is 0.304 e. The molecule has 0 saturated heterocycles. The van der Waals surface area contributed by atoms with Crippen molar-refractivity contribution in [3.8, 4) is 0 Å². The average Bonchev–Trinajstić information content (AvgIpc) is 2.75. The molecule has 0 fully saturated rings. The fourth-order valence-electron chi connectivity index (χ4n) is 2.61. The molecule has 4 heteroatoms. The van der Waals surface area contributed by atoms with Gasteiger partial charge in [-0.25, -0.2) is 15.0 Å². The molecule has 0 spiro atoms. The predicted octanol–water partition coefficient (Wildman–Crippen LogP) is 3.95. The number of nitrogens with one attached hydrogen (secondary N) is 2. The van der Waals surface area contributed by atoms with Crippen molar-refractivity contribution >= 4 is 44.7 Å². The zero-order valence-corrected chi connectivity index (χ0v) is 12.0. The third kappa shape index (κ3) is 1.60. The molecule has 20 heavy (non-hydrogen) atoms. The van der Waals surface area contributed by atoms with Gasteiger partial charge in [0.05, 0.1) is 5.39 Å². The summed E-state index contributed by atoms with van der Waals surface area (Å²) >= 11 is 6.09. The Morgan fingerprint density at radius 3 is 2.75 bits per heavy atom. The highest BCUT2D eigenvalue weighted by molar-refractivity contribution is 6.31. The van der Waals surface area contributed by atoms with Crippen molar-refractivity contribution in [3.63, 3.8) is 0 Å². The van der Waals surface area contributed by atoms with Gasteiger partial charge in [0.1, 0.15) is 11.0 Å². The molecule has 0 unspecified atom stereocenters. The minimum absolute atomic E-state index is 0.723. The van der Waals surface area contributed by atoms with E-state index in [1.807, 2.05) is 18.2 Å². The van der Waals surface area contributed by atoms with Crippen molar-refractivity contribution in [2.24, 2.45) is 0 Å². The van der Waals surface area contributed by atoms with E-state index >= 15 is 0 Å². The van der Waals surface area contributed by atoms with Crippen LogP contribution in [0.15, 0.2) is 30.3 Å². The summed E-state index contributed by atoms with van der Waals surface area (Å²) in [6.45, 7) is 4.21. The van der Waals surface area contributed by atoms with Gasteiger partial charge >= 0.3 is 5.65 Å². The van der Waals surface area contributed by atoms with Crippen molar-refractivity contribution in [3.05, 3.63) is 46.5 Å². The number of benzene rings is 2. The first-order valence-corrected chi connectivity index (χ1v) is 6.91. The van der Waals surface area contributed by atoms with Gasteiger partial charge in [-0.05, 0) is 55.3 Å². The summed E-state index contributed by atoms with van der Waals surface area (Å²) in [7, 11) is 0. The predicted molar refractivity (Wildman–Crippen MR) is 82.1 cm³/mol. The second kappa shape index (κ2) is 3.93. The van der Waals surface area contributed by atoms with Gasteiger partial charge in [0.15, 0.2) is 11.0 Å². The first-order valence-electron chi connectivity index (χ1n) is 6.53. The molecule has 2 aromatic carbocycles. The monoisotopic (exact) mass is 282 g/mol. The van der Waals surface area contributed by atoms with E-state index < -0.39 is 0 Å². The number of nitrogens with zero attached hydrogens (tertiary/aromatic N) is 1. The Balaban J connectivity index is 2.19. The first kappa shape index (κ1) is 11.7. The molecule has 0 aliphatic heterocycles. The highest BCUT2D eigenvalue weighted by Gasteiger charge is 2.15. The van der Waals surface area contributed by atoms with Crippen LogP contribution < -0.4 is 4.98 Å². The summed E-state index contributed by atoms with van der Waals surface area (Å²) in [6, 6.07) is 10.1. The smallest absolute Gasteiger partial charge is 0.238 e. The molecule has 3 nitrogen and oxygen atoms in total. The highest BCUT2D eigenvalue weighted by atomic mass is 35.5. The number of aryl methyl sites for hydroxylation is 2. The van der Waals surface area contributed by atoms with E-state index in [0.717, 1.165) is 38.1 Å². The molecule has 0 atom stereocenters. The van der Waals surface area contributed by atoms with Crippen LogP contribution in [0.5, 0.6) is 0 Å². The number of hydrogen-bond donors (Lipinski definition) is 1. The van der Waals surface area contributed by atoms with Gasteiger partial charge in [0.25, 0.3) is 0 Å².